The molecule has 3 nitrogen and oxygen atoms in total. The molecule has 0 saturated heterocycles. The number of anilines is 1. The Morgan fingerprint density at radius 3 is 1.84 bits per heavy atom. The van der Waals surface area contributed by atoms with E-state index < -0.39 is 5.60 Å². The monoisotopic (exact) mass is 421 g/mol. The van der Waals surface area contributed by atoms with Gasteiger partial charge < -0.3 is 14.8 Å². The Morgan fingerprint density at radius 1 is 0.719 bits per heavy atom. The molecule has 4 aromatic carbocycles. The van der Waals surface area contributed by atoms with Gasteiger partial charge in [-0.05, 0) is 43.2 Å². The summed E-state index contributed by atoms with van der Waals surface area (Å²) in [4.78, 5) is 0. The van der Waals surface area contributed by atoms with Crippen molar-refractivity contribution < 1.29 is 9.47 Å². The van der Waals surface area contributed by atoms with E-state index >= 15 is 0 Å². The van der Waals surface area contributed by atoms with Gasteiger partial charge in [-0.2, -0.15) is 0 Å². The van der Waals surface area contributed by atoms with E-state index in [9.17, 15) is 0 Å². The Morgan fingerprint density at radius 2 is 1.28 bits per heavy atom. The normalized spacial score (nSPS) is 16.7. The van der Waals surface area contributed by atoms with Crippen LogP contribution in [0.4, 0.5) is 5.69 Å². The van der Waals surface area contributed by atoms with E-state index in [1.807, 2.05) is 12.1 Å². The van der Waals surface area contributed by atoms with E-state index in [1.54, 1.807) is 7.11 Å². The van der Waals surface area contributed by atoms with Crippen LogP contribution in [0.15, 0.2) is 97.1 Å². The van der Waals surface area contributed by atoms with Crippen LogP contribution in [-0.2, 0) is 10.3 Å². The average molecular weight is 422 g/mol. The molecule has 0 aliphatic carbocycles. The predicted octanol–water partition coefficient (Wildman–Crippen LogP) is 6.74. The van der Waals surface area contributed by atoms with Crippen LogP contribution in [-0.4, -0.2) is 7.11 Å². The van der Waals surface area contributed by atoms with E-state index in [-0.39, 0.29) is 6.23 Å². The third-order valence-corrected chi connectivity index (χ3v) is 6.22. The first-order valence-electron chi connectivity index (χ1n) is 10.9. The summed E-state index contributed by atoms with van der Waals surface area (Å²) in [5.74, 6) is 0.827. The molecule has 0 unspecified atom stereocenters. The van der Waals surface area contributed by atoms with Crippen LogP contribution in [0.5, 0.6) is 5.75 Å². The second-order valence-electron chi connectivity index (χ2n) is 8.37. The molecule has 0 aromatic heterocycles. The highest BCUT2D eigenvalue weighted by atomic mass is 16.5. The van der Waals surface area contributed by atoms with E-state index in [2.05, 4.69) is 104 Å². The van der Waals surface area contributed by atoms with Crippen molar-refractivity contribution in [2.45, 2.75) is 25.7 Å². The lowest BCUT2D eigenvalue weighted by molar-refractivity contribution is -0.0432. The van der Waals surface area contributed by atoms with E-state index in [0.717, 1.165) is 33.7 Å². The summed E-state index contributed by atoms with van der Waals surface area (Å²) < 4.78 is 12.4. The quantitative estimate of drug-likeness (QED) is 0.396. The first-order valence-corrected chi connectivity index (χ1v) is 10.9. The number of ether oxygens (including phenoxy) is 2. The molecule has 0 amide bonds. The number of hydrogen-bond donors (Lipinski definition) is 1. The maximum Gasteiger partial charge on any atom is 0.156 e. The van der Waals surface area contributed by atoms with Crippen LogP contribution in [0.2, 0.25) is 0 Å². The van der Waals surface area contributed by atoms with Gasteiger partial charge in [-0.1, -0.05) is 90.0 Å². The van der Waals surface area contributed by atoms with Crippen molar-refractivity contribution in [2.24, 2.45) is 0 Å². The average Bonchev–Trinajstić information content (AvgIpc) is 2.84. The van der Waals surface area contributed by atoms with Crippen LogP contribution < -0.4 is 10.1 Å². The number of methoxy groups -OCH3 is 1. The molecule has 5 rings (SSSR count). The number of para-hydroxylation sites is 1. The molecule has 1 atom stereocenters. The summed E-state index contributed by atoms with van der Waals surface area (Å²) >= 11 is 0. The summed E-state index contributed by atoms with van der Waals surface area (Å²) in [6, 6.07) is 33.8. The number of hydrogen-bond acceptors (Lipinski definition) is 3. The van der Waals surface area contributed by atoms with E-state index in [0.29, 0.717) is 0 Å². The highest BCUT2D eigenvalue weighted by molar-refractivity contribution is 5.64. The summed E-state index contributed by atoms with van der Waals surface area (Å²) in [5.41, 5.74) is 7.15. The van der Waals surface area contributed by atoms with Gasteiger partial charge in [-0.3, -0.25) is 0 Å². The molecule has 1 aliphatic rings. The Bertz CT molecular complexity index is 1170. The van der Waals surface area contributed by atoms with Gasteiger partial charge >= 0.3 is 0 Å². The molecule has 1 heterocycles. The fraction of sp³-hybridized carbons (Fsp3) is 0.172. The zero-order valence-corrected chi connectivity index (χ0v) is 18.6. The van der Waals surface area contributed by atoms with E-state index in [4.69, 9.17) is 9.47 Å². The van der Waals surface area contributed by atoms with Gasteiger partial charge in [-0.15, -0.1) is 0 Å². The minimum atomic E-state index is -0.742. The van der Waals surface area contributed by atoms with Gasteiger partial charge in [0, 0.05) is 16.8 Å². The highest BCUT2D eigenvalue weighted by Crippen LogP contribution is 2.50. The summed E-state index contributed by atoms with van der Waals surface area (Å²) in [7, 11) is 1.68. The molecule has 4 aromatic rings. The fourth-order valence-electron chi connectivity index (χ4n) is 4.45. The Hall–Kier alpha value is -3.56. The molecule has 0 fully saturated rings. The maximum absolute atomic E-state index is 7.06. The molecular formula is C29H27NO2. The van der Waals surface area contributed by atoms with Crippen LogP contribution in [0, 0.1) is 13.8 Å². The van der Waals surface area contributed by atoms with Crippen LogP contribution in [0.1, 0.15) is 39.6 Å². The number of fused-ring (bicyclic) bond motifs is 1. The van der Waals surface area contributed by atoms with Crippen molar-refractivity contribution in [1.29, 1.82) is 0 Å². The van der Waals surface area contributed by atoms with Crippen molar-refractivity contribution >= 4 is 5.69 Å². The first-order chi connectivity index (χ1) is 15.6. The van der Waals surface area contributed by atoms with Crippen LogP contribution >= 0.6 is 0 Å². The zero-order chi connectivity index (χ0) is 22.1. The molecule has 32 heavy (non-hydrogen) atoms. The van der Waals surface area contributed by atoms with Gasteiger partial charge in [0.1, 0.15) is 11.4 Å². The number of benzene rings is 4. The lowest BCUT2D eigenvalue weighted by atomic mass is 9.77. The second-order valence-corrected chi connectivity index (χ2v) is 8.37. The Balaban J connectivity index is 1.74. The zero-order valence-electron chi connectivity index (χ0n) is 18.6. The van der Waals surface area contributed by atoms with Gasteiger partial charge in [0.25, 0.3) is 0 Å². The van der Waals surface area contributed by atoms with Crippen molar-refractivity contribution in [3.05, 3.63) is 130 Å². The van der Waals surface area contributed by atoms with Crippen molar-refractivity contribution in [2.75, 3.05) is 12.4 Å². The standard InChI is InChI=1S/C29H27NO2/c1-20-8-14-23(15-9-20)29(24-16-10-21(2)11-17-24)26-6-4-5-7-27(26)30-28(32-29)22-12-18-25(31-3)19-13-22/h4-19,28,30H,1-3H3/t28-/m0/s1. The molecule has 160 valence electrons. The van der Waals surface area contributed by atoms with Crippen molar-refractivity contribution in [3.63, 3.8) is 0 Å². The van der Waals surface area contributed by atoms with Gasteiger partial charge in [-0.25, -0.2) is 0 Å². The molecule has 0 spiro atoms. The maximum atomic E-state index is 7.06. The van der Waals surface area contributed by atoms with Gasteiger partial charge in [0.2, 0.25) is 0 Å². The molecule has 0 bridgehead atoms. The third-order valence-electron chi connectivity index (χ3n) is 6.22. The Kier molecular flexibility index (Phi) is 5.20. The van der Waals surface area contributed by atoms with Crippen molar-refractivity contribution in [3.8, 4) is 5.75 Å². The summed E-state index contributed by atoms with van der Waals surface area (Å²) in [5, 5.41) is 3.60. The minimum absolute atomic E-state index is 0.321. The molecule has 0 saturated carbocycles. The molecular weight excluding hydrogens is 394 g/mol. The smallest absolute Gasteiger partial charge is 0.156 e. The molecule has 3 heteroatoms. The van der Waals surface area contributed by atoms with Gasteiger partial charge in [0.15, 0.2) is 6.23 Å². The number of nitrogens with one attached hydrogen (secondary N) is 1. The van der Waals surface area contributed by atoms with E-state index in [1.165, 1.54) is 11.1 Å². The first kappa shape index (κ1) is 20.3. The predicted molar refractivity (Wildman–Crippen MR) is 129 cm³/mol. The fourth-order valence-corrected chi connectivity index (χ4v) is 4.45. The molecule has 1 N–H and O–H groups in total. The number of aryl methyl sites for hydroxylation is 2. The molecule has 0 radical (unpaired) electrons. The largest absolute Gasteiger partial charge is 0.497 e. The lowest BCUT2D eigenvalue weighted by Crippen LogP contribution is -2.40. The third kappa shape index (κ3) is 3.45. The van der Waals surface area contributed by atoms with Crippen LogP contribution in [0.3, 0.4) is 0 Å². The summed E-state index contributed by atoms with van der Waals surface area (Å²) in [6.07, 6.45) is -0.321. The SMILES string of the molecule is COc1ccc([C@H]2Nc3ccccc3C(c3ccc(C)cc3)(c3ccc(C)cc3)O2)cc1. The van der Waals surface area contributed by atoms with Crippen molar-refractivity contribution in [1.82, 2.24) is 0 Å². The highest BCUT2D eigenvalue weighted by Gasteiger charge is 2.45. The Labute approximate surface area is 189 Å². The minimum Gasteiger partial charge on any atom is -0.497 e. The molecule has 1 aliphatic heterocycles. The lowest BCUT2D eigenvalue weighted by Gasteiger charge is -2.44. The van der Waals surface area contributed by atoms with Crippen LogP contribution in [0.25, 0.3) is 0 Å². The topological polar surface area (TPSA) is 30.5 Å². The van der Waals surface area contributed by atoms with Gasteiger partial charge in [0.05, 0.1) is 7.11 Å². The number of rotatable bonds is 4. The second kappa shape index (κ2) is 8.18. The summed E-state index contributed by atoms with van der Waals surface area (Å²) in [6.45, 7) is 4.22.